The van der Waals surface area contributed by atoms with Gasteiger partial charge in [0.1, 0.15) is 5.58 Å². The van der Waals surface area contributed by atoms with Gasteiger partial charge in [-0.3, -0.25) is 10.1 Å². The highest BCUT2D eigenvalue weighted by molar-refractivity contribution is 9.10. The summed E-state index contributed by atoms with van der Waals surface area (Å²) in [6, 6.07) is 3.88. The van der Waals surface area contributed by atoms with Crippen LogP contribution in [0.2, 0.25) is 0 Å². The standard InChI is InChI=1S/C9H4BrNO5/c10-5-3-7-4(1-6(5)11(14)15)2-8(16-7)9(12)13/h1-3H,(H,12,13). The topological polar surface area (TPSA) is 93.6 Å². The predicted octanol–water partition coefficient (Wildman–Crippen LogP) is 2.80. The van der Waals surface area contributed by atoms with Gasteiger partial charge in [-0.25, -0.2) is 4.79 Å². The second-order valence-corrected chi connectivity index (χ2v) is 3.87. The minimum absolute atomic E-state index is 0.134. The van der Waals surface area contributed by atoms with E-state index in [4.69, 9.17) is 9.52 Å². The first-order valence-electron chi connectivity index (χ1n) is 4.10. The summed E-state index contributed by atoms with van der Waals surface area (Å²) in [6.45, 7) is 0. The number of nitro benzene ring substituents is 1. The van der Waals surface area contributed by atoms with E-state index in [9.17, 15) is 14.9 Å². The van der Waals surface area contributed by atoms with Gasteiger partial charge in [-0.15, -0.1) is 0 Å². The zero-order valence-electron chi connectivity index (χ0n) is 7.64. The number of rotatable bonds is 2. The quantitative estimate of drug-likeness (QED) is 0.676. The molecule has 6 nitrogen and oxygen atoms in total. The first kappa shape index (κ1) is 10.6. The van der Waals surface area contributed by atoms with E-state index >= 15 is 0 Å². The maximum absolute atomic E-state index is 10.6. The van der Waals surface area contributed by atoms with Gasteiger partial charge < -0.3 is 9.52 Å². The van der Waals surface area contributed by atoms with Crippen LogP contribution >= 0.6 is 15.9 Å². The Labute approximate surface area is 96.7 Å². The molecule has 0 aliphatic rings. The number of nitrogens with zero attached hydrogens (tertiary/aromatic N) is 1. The molecule has 0 fully saturated rings. The Kier molecular flexibility index (Phi) is 2.39. The Hall–Kier alpha value is -1.89. The third-order valence-corrected chi connectivity index (χ3v) is 2.63. The summed E-state index contributed by atoms with van der Waals surface area (Å²) in [4.78, 5) is 20.7. The molecule has 0 aliphatic heterocycles. The van der Waals surface area contributed by atoms with Gasteiger partial charge >= 0.3 is 5.97 Å². The molecular formula is C9H4BrNO5. The molecule has 1 aromatic heterocycles. The van der Waals surface area contributed by atoms with Gasteiger partial charge in [0, 0.05) is 17.5 Å². The summed E-state index contributed by atoms with van der Waals surface area (Å²) < 4.78 is 5.24. The van der Waals surface area contributed by atoms with E-state index in [1.54, 1.807) is 0 Å². The summed E-state index contributed by atoms with van der Waals surface area (Å²) in [5.41, 5.74) is 0.153. The highest BCUT2D eigenvalue weighted by atomic mass is 79.9. The van der Waals surface area contributed by atoms with Crippen molar-refractivity contribution < 1.29 is 19.2 Å². The molecule has 0 unspecified atom stereocenters. The van der Waals surface area contributed by atoms with Gasteiger partial charge in [0.05, 0.1) is 9.40 Å². The molecule has 0 bridgehead atoms. The van der Waals surface area contributed by atoms with Crippen molar-refractivity contribution in [3.63, 3.8) is 0 Å². The molecule has 1 aromatic carbocycles. The molecule has 2 aromatic rings. The fraction of sp³-hybridized carbons (Fsp3) is 0. The summed E-state index contributed by atoms with van der Waals surface area (Å²) in [7, 11) is 0. The minimum Gasteiger partial charge on any atom is -0.475 e. The zero-order chi connectivity index (χ0) is 11.9. The summed E-state index contributed by atoms with van der Waals surface area (Å²) in [6.07, 6.45) is 0. The minimum atomic E-state index is -1.21. The Balaban J connectivity index is 2.70. The molecular weight excluding hydrogens is 282 g/mol. The van der Waals surface area contributed by atoms with E-state index in [0.29, 0.717) is 5.39 Å². The highest BCUT2D eigenvalue weighted by Crippen LogP contribution is 2.31. The van der Waals surface area contributed by atoms with Crippen LogP contribution in [-0.4, -0.2) is 16.0 Å². The molecule has 1 N–H and O–H groups in total. The number of hydrogen-bond acceptors (Lipinski definition) is 4. The largest absolute Gasteiger partial charge is 0.475 e. The molecule has 0 amide bonds. The number of nitro groups is 1. The maximum Gasteiger partial charge on any atom is 0.371 e. The molecule has 0 saturated carbocycles. The van der Waals surface area contributed by atoms with Crippen LogP contribution in [0.3, 0.4) is 0 Å². The van der Waals surface area contributed by atoms with Crippen molar-refractivity contribution in [3.8, 4) is 0 Å². The van der Waals surface area contributed by atoms with Gasteiger partial charge in [0.2, 0.25) is 5.76 Å². The monoisotopic (exact) mass is 285 g/mol. The van der Waals surface area contributed by atoms with Crippen LogP contribution in [0.4, 0.5) is 5.69 Å². The fourth-order valence-electron chi connectivity index (χ4n) is 1.30. The number of halogens is 1. The van der Waals surface area contributed by atoms with Crippen LogP contribution in [0.1, 0.15) is 10.6 Å². The average molecular weight is 286 g/mol. The number of carboxylic acid groups (broad SMARTS) is 1. The summed E-state index contributed by atoms with van der Waals surface area (Å²) in [5.74, 6) is -1.46. The number of benzene rings is 1. The van der Waals surface area contributed by atoms with Crippen LogP contribution in [0.5, 0.6) is 0 Å². The lowest BCUT2D eigenvalue weighted by Gasteiger charge is -1.94. The number of fused-ring (bicyclic) bond motifs is 1. The van der Waals surface area contributed by atoms with Crippen molar-refractivity contribution in [3.05, 3.63) is 38.5 Å². The Morgan fingerprint density at radius 2 is 2.12 bits per heavy atom. The summed E-state index contributed by atoms with van der Waals surface area (Å²) >= 11 is 3.02. The smallest absolute Gasteiger partial charge is 0.371 e. The van der Waals surface area contributed by atoms with Crippen LogP contribution in [-0.2, 0) is 0 Å². The number of carbonyl (C=O) groups is 1. The van der Waals surface area contributed by atoms with Crippen LogP contribution in [0, 0.1) is 10.1 Å². The third-order valence-electron chi connectivity index (χ3n) is 1.99. The molecule has 16 heavy (non-hydrogen) atoms. The van der Waals surface area contributed by atoms with E-state index in [-0.39, 0.29) is 21.5 Å². The number of aromatic carboxylic acids is 1. The molecule has 0 radical (unpaired) electrons. The molecule has 0 spiro atoms. The van der Waals surface area contributed by atoms with Gasteiger partial charge in [-0.05, 0) is 22.0 Å². The maximum atomic E-state index is 10.6. The fourth-order valence-corrected chi connectivity index (χ4v) is 1.76. The molecule has 0 saturated heterocycles. The first-order valence-corrected chi connectivity index (χ1v) is 4.89. The van der Waals surface area contributed by atoms with Gasteiger partial charge in [0.15, 0.2) is 0 Å². The SMILES string of the molecule is O=C(O)c1cc2cc([N+](=O)[O-])c(Br)cc2o1. The van der Waals surface area contributed by atoms with E-state index in [0.717, 1.165) is 0 Å². The average Bonchev–Trinajstić information content (AvgIpc) is 2.58. The lowest BCUT2D eigenvalue weighted by molar-refractivity contribution is -0.385. The molecule has 1 heterocycles. The molecule has 2 rings (SSSR count). The zero-order valence-corrected chi connectivity index (χ0v) is 9.22. The molecule has 7 heteroatoms. The number of furan rings is 1. The molecule has 0 atom stereocenters. The van der Waals surface area contributed by atoms with Crippen molar-refractivity contribution in [2.45, 2.75) is 0 Å². The Morgan fingerprint density at radius 3 is 2.69 bits per heavy atom. The van der Waals surface area contributed by atoms with E-state index < -0.39 is 10.9 Å². The number of hydrogen-bond donors (Lipinski definition) is 1. The van der Waals surface area contributed by atoms with Crippen LogP contribution in [0.25, 0.3) is 11.0 Å². The van der Waals surface area contributed by atoms with Crippen molar-refractivity contribution in [2.75, 3.05) is 0 Å². The third kappa shape index (κ3) is 1.65. The molecule has 82 valence electrons. The first-order chi connectivity index (χ1) is 7.49. The van der Waals surface area contributed by atoms with E-state index in [1.165, 1.54) is 18.2 Å². The van der Waals surface area contributed by atoms with E-state index in [1.807, 2.05) is 0 Å². The van der Waals surface area contributed by atoms with Gasteiger partial charge in [-0.1, -0.05) is 0 Å². The lowest BCUT2D eigenvalue weighted by Crippen LogP contribution is -1.91. The van der Waals surface area contributed by atoms with Crippen molar-refractivity contribution >= 4 is 38.6 Å². The van der Waals surface area contributed by atoms with E-state index in [2.05, 4.69) is 15.9 Å². The van der Waals surface area contributed by atoms with Crippen molar-refractivity contribution in [1.82, 2.24) is 0 Å². The normalized spacial score (nSPS) is 10.6. The Morgan fingerprint density at radius 1 is 1.44 bits per heavy atom. The lowest BCUT2D eigenvalue weighted by atomic mass is 10.2. The van der Waals surface area contributed by atoms with Crippen LogP contribution < -0.4 is 0 Å². The highest BCUT2D eigenvalue weighted by Gasteiger charge is 2.17. The predicted molar refractivity (Wildman–Crippen MR) is 57.5 cm³/mol. The van der Waals surface area contributed by atoms with Crippen LogP contribution in [0.15, 0.2) is 27.1 Å². The Bertz CT molecular complexity index is 603. The van der Waals surface area contributed by atoms with Gasteiger partial charge in [-0.2, -0.15) is 0 Å². The molecule has 0 aliphatic carbocycles. The van der Waals surface area contributed by atoms with Crippen molar-refractivity contribution in [2.24, 2.45) is 0 Å². The van der Waals surface area contributed by atoms with Crippen molar-refractivity contribution in [1.29, 1.82) is 0 Å². The number of carboxylic acids is 1. The second-order valence-electron chi connectivity index (χ2n) is 3.01. The second kappa shape index (κ2) is 3.60. The summed E-state index contributed by atoms with van der Waals surface area (Å²) in [5, 5.41) is 19.7. The van der Waals surface area contributed by atoms with Gasteiger partial charge in [0.25, 0.3) is 5.69 Å².